The standard InChI is InChI=1S/C13H20N6OS/c1-17-6-8-18(9-7-17)5-2-10-21-12-15-11-3-4-14-19(11)13(20)16-12/h3-4H,2,5-10H2,1H3,(H,15,16,20). The van der Waals surface area contributed by atoms with Crippen LogP contribution >= 0.6 is 11.8 Å². The molecule has 0 radical (unpaired) electrons. The second kappa shape index (κ2) is 6.59. The fourth-order valence-corrected chi connectivity index (χ4v) is 3.20. The van der Waals surface area contributed by atoms with Crippen LogP contribution in [0.15, 0.2) is 22.2 Å². The Kier molecular flexibility index (Phi) is 4.57. The average molecular weight is 308 g/mol. The molecule has 21 heavy (non-hydrogen) atoms. The van der Waals surface area contributed by atoms with Gasteiger partial charge in [0.05, 0.1) is 6.20 Å². The summed E-state index contributed by atoms with van der Waals surface area (Å²) in [6.07, 6.45) is 2.68. The summed E-state index contributed by atoms with van der Waals surface area (Å²) in [6.45, 7) is 5.72. The number of nitrogens with zero attached hydrogens (tertiary/aromatic N) is 5. The number of nitrogens with one attached hydrogen (secondary N) is 1. The molecule has 1 fully saturated rings. The number of hydrogen-bond donors (Lipinski definition) is 1. The van der Waals surface area contributed by atoms with Crippen LogP contribution in [0.3, 0.4) is 0 Å². The summed E-state index contributed by atoms with van der Waals surface area (Å²) in [7, 11) is 2.17. The number of thioether (sulfide) groups is 1. The Balaban J connectivity index is 1.47. The van der Waals surface area contributed by atoms with Crippen LogP contribution in [-0.2, 0) is 0 Å². The molecule has 1 aliphatic heterocycles. The van der Waals surface area contributed by atoms with Crippen LogP contribution in [0, 0.1) is 0 Å². The van der Waals surface area contributed by atoms with Crippen molar-refractivity contribution in [2.45, 2.75) is 11.6 Å². The molecule has 2 aromatic rings. The number of piperazine rings is 1. The fourth-order valence-electron chi connectivity index (χ4n) is 2.41. The fraction of sp³-hybridized carbons (Fsp3) is 0.615. The normalized spacial score (nSPS) is 17.6. The molecule has 2 aromatic heterocycles. The molecule has 8 heteroatoms. The van der Waals surface area contributed by atoms with E-state index < -0.39 is 0 Å². The summed E-state index contributed by atoms with van der Waals surface area (Å²) < 4.78 is 1.27. The molecule has 1 aliphatic rings. The predicted molar refractivity (Wildman–Crippen MR) is 82.9 cm³/mol. The van der Waals surface area contributed by atoms with Gasteiger partial charge in [0.1, 0.15) is 0 Å². The summed E-state index contributed by atoms with van der Waals surface area (Å²) in [5.41, 5.74) is 0.367. The average Bonchev–Trinajstić information content (AvgIpc) is 2.94. The van der Waals surface area contributed by atoms with E-state index in [0.717, 1.165) is 44.9 Å². The van der Waals surface area contributed by atoms with Crippen molar-refractivity contribution in [3.05, 3.63) is 22.7 Å². The van der Waals surface area contributed by atoms with Gasteiger partial charge in [-0.3, -0.25) is 4.98 Å². The van der Waals surface area contributed by atoms with Crippen LogP contribution in [0.4, 0.5) is 0 Å². The molecule has 0 aliphatic carbocycles. The molecule has 114 valence electrons. The van der Waals surface area contributed by atoms with Crippen LogP contribution in [-0.4, -0.2) is 74.9 Å². The highest BCUT2D eigenvalue weighted by molar-refractivity contribution is 7.99. The van der Waals surface area contributed by atoms with Crippen molar-refractivity contribution in [2.75, 3.05) is 45.5 Å². The molecule has 0 unspecified atom stereocenters. The molecule has 0 saturated carbocycles. The SMILES string of the molecule is CN1CCN(CCCSc2nc3ccnn3c(=O)[nH]2)CC1. The Bertz CT molecular complexity index is 645. The first-order chi connectivity index (χ1) is 10.2. The van der Waals surface area contributed by atoms with Gasteiger partial charge in [0, 0.05) is 38.0 Å². The minimum Gasteiger partial charge on any atom is -0.304 e. The zero-order valence-corrected chi connectivity index (χ0v) is 13.0. The molecule has 3 heterocycles. The number of rotatable bonds is 5. The highest BCUT2D eigenvalue weighted by Crippen LogP contribution is 2.13. The molecular weight excluding hydrogens is 288 g/mol. The lowest BCUT2D eigenvalue weighted by atomic mass is 10.3. The number of fused-ring (bicyclic) bond motifs is 1. The van der Waals surface area contributed by atoms with Gasteiger partial charge in [-0.2, -0.15) is 9.61 Å². The van der Waals surface area contributed by atoms with E-state index in [1.165, 1.54) is 4.52 Å². The number of aromatic nitrogens is 4. The van der Waals surface area contributed by atoms with Crippen molar-refractivity contribution in [1.82, 2.24) is 29.4 Å². The van der Waals surface area contributed by atoms with Crippen molar-refractivity contribution in [1.29, 1.82) is 0 Å². The van der Waals surface area contributed by atoms with E-state index in [2.05, 4.69) is 31.9 Å². The van der Waals surface area contributed by atoms with E-state index in [1.54, 1.807) is 24.0 Å². The summed E-state index contributed by atoms with van der Waals surface area (Å²) in [5, 5.41) is 4.59. The Labute approximate surface area is 127 Å². The zero-order chi connectivity index (χ0) is 14.7. The highest BCUT2D eigenvalue weighted by Gasteiger charge is 2.13. The van der Waals surface area contributed by atoms with Crippen LogP contribution in [0.2, 0.25) is 0 Å². The lowest BCUT2D eigenvalue weighted by molar-refractivity contribution is 0.154. The van der Waals surface area contributed by atoms with Gasteiger partial charge >= 0.3 is 5.69 Å². The first-order valence-electron chi connectivity index (χ1n) is 7.20. The van der Waals surface area contributed by atoms with Crippen LogP contribution in [0.25, 0.3) is 5.65 Å². The molecule has 3 rings (SSSR count). The van der Waals surface area contributed by atoms with Gasteiger partial charge in [-0.05, 0) is 20.0 Å². The number of hydrogen-bond acceptors (Lipinski definition) is 6. The third-order valence-electron chi connectivity index (χ3n) is 3.70. The minimum absolute atomic E-state index is 0.230. The second-order valence-corrected chi connectivity index (χ2v) is 6.38. The Morgan fingerprint density at radius 3 is 2.95 bits per heavy atom. The van der Waals surface area contributed by atoms with Gasteiger partial charge in [-0.25, -0.2) is 9.78 Å². The third-order valence-corrected chi connectivity index (χ3v) is 4.66. The summed E-state index contributed by atoms with van der Waals surface area (Å²) in [6, 6.07) is 1.74. The molecule has 0 bridgehead atoms. The monoisotopic (exact) mass is 308 g/mol. The van der Waals surface area contributed by atoms with Crippen molar-refractivity contribution in [3.8, 4) is 0 Å². The van der Waals surface area contributed by atoms with Gasteiger partial charge in [0.25, 0.3) is 0 Å². The third kappa shape index (κ3) is 3.63. The quantitative estimate of drug-likeness (QED) is 0.626. The van der Waals surface area contributed by atoms with Crippen LogP contribution in [0.5, 0.6) is 0 Å². The maximum atomic E-state index is 11.8. The lowest BCUT2D eigenvalue weighted by Gasteiger charge is -2.32. The Hall–Kier alpha value is -1.38. The van der Waals surface area contributed by atoms with Crippen molar-refractivity contribution >= 4 is 17.4 Å². The summed E-state index contributed by atoms with van der Waals surface area (Å²) in [5.74, 6) is 0.958. The molecule has 7 nitrogen and oxygen atoms in total. The summed E-state index contributed by atoms with van der Waals surface area (Å²) >= 11 is 1.60. The number of H-pyrrole nitrogens is 1. The minimum atomic E-state index is -0.230. The lowest BCUT2D eigenvalue weighted by Crippen LogP contribution is -2.44. The topological polar surface area (TPSA) is 69.5 Å². The van der Waals surface area contributed by atoms with Gasteiger partial charge in [-0.1, -0.05) is 11.8 Å². The molecule has 0 amide bonds. The van der Waals surface area contributed by atoms with Crippen LogP contribution in [0.1, 0.15) is 6.42 Å². The Morgan fingerprint density at radius 1 is 1.33 bits per heavy atom. The molecule has 1 saturated heterocycles. The van der Waals surface area contributed by atoms with E-state index in [1.807, 2.05) is 0 Å². The number of aromatic amines is 1. The predicted octanol–water partition coefficient (Wildman–Crippen LogP) is 0.147. The van der Waals surface area contributed by atoms with Gasteiger partial charge in [-0.15, -0.1) is 0 Å². The van der Waals surface area contributed by atoms with E-state index in [9.17, 15) is 4.79 Å². The Morgan fingerprint density at radius 2 is 2.14 bits per heavy atom. The van der Waals surface area contributed by atoms with Gasteiger partial charge in [0.15, 0.2) is 10.8 Å². The van der Waals surface area contributed by atoms with Crippen molar-refractivity contribution in [2.24, 2.45) is 0 Å². The van der Waals surface area contributed by atoms with Gasteiger partial charge < -0.3 is 9.80 Å². The van der Waals surface area contributed by atoms with E-state index >= 15 is 0 Å². The van der Waals surface area contributed by atoms with E-state index in [4.69, 9.17) is 0 Å². The highest BCUT2D eigenvalue weighted by atomic mass is 32.2. The molecular formula is C13H20N6OS. The van der Waals surface area contributed by atoms with E-state index in [-0.39, 0.29) is 5.69 Å². The first-order valence-corrected chi connectivity index (χ1v) is 8.19. The zero-order valence-electron chi connectivity index (χ0n) is 12.2. The van der Waals surface area contributed by atoms with Crippen molar-refractivity contribution < 1.29 is 0 Å². The smallest absolute Gasteiger partial charge is 0.304 e. The molecule has 0 spiro atoms. The molecule has 1 N–H and O–H groups in total. The first kappa shape index (κ1) is 14.6. The van der Waals surface area contributed by atoms with E-state index in [0.29, 0.717) is 10.8 Å². The number of likely N-dealkylation sites (N-methyl/N-ethyl adjacent to an activating group) is 1. The largest absolute Gasteiger partial charge is 0.350 e. The van der Waals surface area contributed by atoms with Crippen molar-refractivity contribution in [3.63, 3.8) is 0 Å². The van der Waals surface area contributed by atoms with Gasteiger partial charge in [0.2, 0.25) is 0 Å². The summed E-state index contributed by atoms with van der Waals surface area (Å²) in [4.78, 5) is 23.7. The second-order valence-electron chi connectivity index (χ2n) is 5.30. The molecule has 0 atom stereocenters. The van der Waals surface area contributed by atoms with Crippen LogP contribution < -0.4 is 5.69 Å². The maximum Gasteiger partial charge on any atom is 0.350 e. The molecule has 0 aromatic carbocycles. The maximum absolute atomic E-state index is 11.8.